The SMILES string of the molecule is O=C(NC(COCc1ccccc1)C(=O)Nc1ccc(Oc2ccccc2)cc1)c1ccc2cc[nH]c2c1. The van der Waals surface area contributed by atoms with Crippen molar-refractivity contribution in [3.05, 3.63) is 127 Å². The van der Waals surface area contributed by atoms with Gasteiger partial charge in [-0.1, -0.05) is 54.6 Å². The molecule has 2 amide bonds. The first-order valence-corrected chi connectivity index (χ1v) is 12.3. The van der Waals surface area contributed by atoms with E-state index >= 15 is 0 Å². The molecule has 7 heteroatoms. The molecule has 0 fully saturated rings. The summed E-state index contributed by atoms with van der Waals surface area (Å²) < 4.78 is 11.6. The second-order valence-corrected chi connectivity index (χ2v) is 8.74. The Morgan fingerprint density at radius 3 is 2.26 bits per heavy atom. The average molecular weight is 506 g/mol. The minimum absolute atomic E-state index is 0.00636. The predicted octanol–water partition coefficient (Wildman–Crippen LogP) is 5.91. The smallest absolute Gasteiger partial charge is 0.252 e. The minimum atomic E-state index is -0.911. The van der Waals surface area contributed by atoms with E-state index in [9.17, 15) is 9.59 Å². The Kier molecular flexibility index (Phi) is 7.77. The highest BCUT2D eigenvalue weighted by atomic mass is 16.5. The summed E-state index contributed by atoms with van der Waals surface area (Å²) in [6.45, 7) is 0.326. The van der Waals surface area contributed by atoms with Crippen LogP contribution in [0.1, 0.15) is 15.9 Å². The summed E-state index contributed by atoms with van der Waals surface area (Å²) in [4.78, 5) is 29.4. The van der Waals surface area contributed by atoms with Crippen LogP contribution in [0.15, 0.2) is 115 Å². The Morgan fingerprint density at radius 2 is 1.50 bits per heavy atom. The van der Waals surface area contributed by atoms with E-state index in [2.05, 4.69) is 15.6 Å². The third kappa shape index (κ3) is 6.46. The van der Waals surface area contributed by atoms with E-state index in [1.54, 1.807) is 36.4 Å². The number of aromatic nitrogens is 1. The second kappa shape index (κ2) is 11.9. The normalized spacial score (nSPS) is 11.6. The first-order chi connectivity index (χ1) is 18.6. The lowest BCUT2D eigenvalue weighted by atomic mass is 10.1. The Hall–Kier alpha value is -4.88. The number of hydrogen-bond donors (Lipinski definition) is 3. The van der Waals surface area contributed by atoms with Gasteiger partial charge in [-0.2, -0.15) is 0 Å². The maximum atomic E-state index is 13.2. The fraction of sp³-hybridized carbons (Fsp3) is 0.0968. The lowest BCUT2D eigenvalue weighted by Gasteiger charge is -2.19. The summed E-state index contributed by atoms with van der Waals surface area (Å²) in [5, 5.41) is 6.70. The summed E-state index contributed by atoms with van der Waals surface area (Å²) in [7, 11) is 0. The van der Waals surface area contributed by atoms with Gasteiger partial charge in [0.25, 0.3) is 5.91 Å². The fourth-order valence-corrected chi connectivity index (χ4v) is 3.94. The Labute approximate surface area is 220 Å². The molecule has 0 spiro atoms. The summed E-state index contributed by atoms with van der Waals surface area (Å²) in [6.07, 6.45) is 1.82. The first kappa shape index (κ1) is 24.8. The highest BCUT2D eigenvalue weighted by molar-refractivity contribution is 6.02. The lowest BCUT2D eigenvalue weighted by Crippen LogP contribution is -2.46. The molecule has 5 rings (SSSR count). The molecule has 1 unspecified atom stereocenters. The van der Waals surface area contributed by atoms with E-state index in [4.69, 9.17) is 9.47 Å². The number of fused-ring (bicyclic) bond motifs is 1. The largest absolute Gasteiger partial charge is 0.457 e. The van der Waals surface area contributed by atoms with Gasteiger partial charge in [0.1, 0.15) is 17.5 Å². The van der Waals surface area contributed by atoms with Gasteiger partial charge in [0.05, 0.1) is 13.2 Å². The zero-order valence-corrected chi connectivity index (χ0v) is 20.6. The number of ether oxygens (including phenoxy) is 2. The van der Waals surface area contributed by atoms with Crippen LogP contribution in [0, 0.1) is 0 Å². The molecule has 0 saturated carbocycles. The van der Waals surface area contributed by atoms with Crippen molar-refractivity contribution in [2.75, 3.05) is 11.9 Å². The maximum Gasteiger partial charge on any atom is 0.252 e. The van der Waals surface area contributed by atoms with Crippen molar-refractivity contribution >= 4 is 28.4 Å². The summed E-state index contributed by atoms with van der Waals surface area (Å²) in [6, 6.07) is 32.5. The maximum absolute atomic E-state index is 13.2. The monoisotopic (exact) mass is 505 g/mol. The molecule has 190 valence electrons. The molecule has 1 heterocycles. The summed E-state index contributed by atoms with van der Waals surface area (Å²) >= 11 is 0. The standard InChI is InChI=1S/C31H27N3O4/c35-30(24-12-11-23-17-18-32-28(23)19-24)34-29(21-37-20-22-7-3-1-4-8-22)31(36)33-25-13-15-27(16-14-25)38-26-9-5-2-6-10-26/h1-19,29,32H,20-21H2,(H,33,36)(H,34,35). The molecular formula is C31H27N3O4. The molecule has 1 aromatic heterocycles. The van der Waals surface area contributed by atoms with E-state index in [0.717, 1.165) is 22.2 Å². The van der Waals surface area contributed by atoms with Crippen molar-refractivity contribution < 1.29 is 19.1 Å². The van der Waals surface area contributed by atoms with Crippen LogP contribution < -0.4 is 15.4 Å². The molecule has 0 aliphatic carbocycles. The van der Waals surface area contributed by atoms with Crippen LogP contribution in [0.2, 0.25) is 0 Å². The fourth-order valence-electron chi connectivity index (χ4n) is 3.94. The number of H-pyrrole nitrogens is 1. The number of carbonyl (C=O) groups excluding carboxylic acids is 2. The third-order valence-corrected chi connectivity index (χ3v) is 5.94. The highest BCUT2D eigenvalue weighted by Crippen LogP contribution is 2.23. The first-order valence-electron chi connectivity index (χ1n) is 12.3. The zero-order valence-electron chi connectivity index (χ0n) is 20.6. The van der Waals surface area contributed by atoms with Crippen molar-refractivity contribution in [3.63, 3.8) is 0 Å². The van der Waals surface area contributed by atoms with Crippen LogP contribution in [0.5, 0.6) is 11.5 Å². The number of carbonyl (C=O) groups is 2. The number of hydrogen-bond acceptors (Lipinski definition) is 4. The molecule has 0 aliphatic rings. The molecule has 3 N–H and O–H groups in total. The molecular weight excluding hydrogens is 478 g/mol. The van der Waals surface area contributed by atoms with Gasteiger partial charge < -0.3 is 25.1 Å². The molecule has 7 nitrogen and oxygen atoms in total. The van der Waals surface area contributed by atoms with Crippen molar-refractivity contribution in [1.29, 1.82) is 0 Å². The van der Waals surface area contributed by atoms with Crippen LogP contribution in [0.25, 0.3) is 10.9 Å². The quantitative estimate of drug-likeness (QED) is 0.220. The van der Waals surface area contributed by atoms with Crippen LogP contribution in [-0.4, -0.2) is 29.4 Å². The predicted molar refractivity (Wildman–Crippen MR) is 147 cm³/mol. The van der Waals surface area contributed by atoms with Gasteiger partial charge in [-0.3, -0.25) is 9.59 Å². The molecule has 0 saturated heterocycles. The number of nitrogens with one attached hydrogen (secondary N) is 3. The van der Waals surface area contributed by atoms with Crippen LogP contribution in [-0.2, 0) is 16.1 Å². The van der Waals surface area contributed by atoms with Crippen LogP contribution in [0.4, 0.5) is 5.69 Å². The van der Waals surface area contributed by atoms with Gasteiger partial charge in [0, 0.05) is 23.0 Å². The molecule has 5 aromatic rings. The molecule has 0 bridgehead atoms. The molecule has 1 atom stereocenters. The Morgan fingerprint density at radius 1 is 0.789 bits per heavy atom. The van der Waals surface area contributed by atoms with E-state index in [0.29, 0.717) is 23.6 Å². The Balaban J connectivity index is 1.26. The number of benzene rings is 4. The number of rotatable bonds is 10. The van der Waals surface area contributed by atoms with Gasteiger partial charge in [-0.15, -0.1) is 0 Å². The van der Waals surface area contributed by atoms with Gasteiger partial charge in [0.15, 0.2) is 0 Å². The molecule has 0 radical (unpaired) electrons. The highest BCUT2D eigenvalue weighted by Gasteiger charge is 2.22. The van der Waals surface area contributed by atoms with Gasteiger partial charge in [0.2, 0.25) is 5.91 Å². The van der Waals surface area contributed by atoms with Gasteiger partial charge in [-0.05, 0) is 65.5 Å². The summed E-state index contributed by atoms with van der Waals surface area (Å²) in [5.41, 5.74) is 2.84. The van der Waals surface area contributed by atoms with Crippen molar-refractivity contribution in [3.8, 4) is 11.5 Å². The van der Waals surface area contributed by atoms with Gasteiger partial charge in [-0.25, -0.2) is 0 Å². The second-order valence-electron chi connectivity index (χ2n) is 8.74. The van der Waals surface area contributed by atoms with Gasteiger partial charge >= 0.3 is 0 Å². The van der Waals surface area contributed by atoms with E-state index in [1.165, 1.54) is 0 Å². The molecule has 4 aromatic carbocycles. The number of para-hydroxylation sites is 1. The lowest BCUT2D eigenvalue weighted by molar-refractivity contribution is -0.119. The number of aromatic amines is 1. The number of anilines is 1. The van der Waals surface area contributed by atoms with E-state index in [-0.39, 0.29) is 18.4 Å². The van der Waals surface area contributed by atoms with Crippen molar-refractivity contribution in [2.24, 2.45) is 0 Å². The Bertz CT molecular complexity index is 1500. The van der Waals surface area contributed by atoms with E-state index < -0.39 is 6.04 Å². The topological polar surface area (TPSA) is 92.4 Å². The van der Waals surface area contributed by atoms with Crippen LogP contribution in [0.3, 0.4) is 0 Å². The van der Waals surface area contributed by atoms with Crippen molar-refractivity contribution in [2.45, 2.75) is 12.6 Å². The molecule has 38 heavy (non-hydrogen) atoms. The minimum Gasteiger partial charge on any atom is -0.457 e. The number of amides is 2. The average Bonchev–Trinajstić information content (AvgIpc) is 3.43. The zero-order chi connectivity index (χ0) is 26.2. The van der Waals surface area contributed by atoms with E-state index in [1.807, 2.05) is 79.0 Å². The summed E-state index contributed by atoms with van der Waals surface area (Å²) in [5.74, 6) is 0.616. The third-order valence-electron chi connectivity index (χ3n) is 5.94. The molecule has 0 aliphatic heterocycles. The van der Waals surface area contributed by atoms with Crippen LogP contribution >= 0.6 is 0 Å². The van der Waals surface area contributed by atoms with Crippen molar-refractivity contribution in [1.82, 2.24) is 10.3 Å².